The molecule has 4 nitrogen and oxygen atoms in total. The van der Waals surface area contributed by atoms with Crippen LogP contribution < -0.4 is 14.2 Å². The number of aliphatic imine (C=N–C) groups is 1. The third kappa shape index (κ3) is 3.44. The van der Waals surface area contributed by atoms with Gasteiger partial charge < -0.3 is 14.2 Å². The Labute approximate surface area is 120 Å². The van der Waals surface area contributed by atoms with Crippen LogP contribution in [0, 0.1) is 5.92 Å². The average Bonchev–Trinajstić information content (AvgIpc) is 2.52. The highest BCUT2D eigenvalue weighted by Crippen LogP contribution is 2.40. The standard InChI is InChI=1S/C16H23NO3/c1-18-14-9-13(10-15(19-2)16(14)20-3)17-11-12-7-5-4-6-8-12/h9-12H,4-8H2,1-3H3. The van der Waals surface area contributed by atoms with Gasteiger partial charge >= 0.3 is 0 Å². The van der Waals surface area contributed by atoms with Crippen molar-refractivity contribution in [2.24, 2.45) is 10.9 Å². The summed E-state index contributed by atoms with van der Waals surface area (Å²) >= 11 is 0. The van der Waals surface area contributed by atoms with Gasteiger partial charge in [-0.25, -0.2) is 0 Å². The van der Waals surface area contributed by atoms with Gasteiger partial charge in [0.1, 0.15) is 0 Å². The molecule has 1 saturated carbocycles. The zero-order chi connectivity index (χ0) is 14.4. The van der Waals surface area contributed by atoms with E-state index in [2.05, 4.69) is 11.2 Å². The third-order valence-electron chi connectivity index (χ3n) is 3.73. The quantitative estimate of drug-likeness (QED) is 0.764. The lowest BCUT2D eigenvalue weighted by atomic mass is 9.90. The Morgan fingerprint density at radius 1 is 0.950 bits per heavy atom. The Morgan fingerprint density at radius 2 is 1.55 bits per heavy atom. The van der Waals surface area contributed by atoms with E-state index in [0.29, 0.717) is 23.2 Å². The van der Waals surface area contributed by atoms with Gasteiger partial charge in [-0.3, -0.25) is 4.99 Å². The molecule has 0 amide bonds. The second-order valence-electron chi connectivity index (χ2n) is 5.06. The fourth-order valence-corrected chi connectivity index (χ4v) is 2.62. The summed E-state index contributed by atoms with van der Waals surface area (Å²) in [4.78, 5) is 4.58. The maximum absolute atomic E-state index is 5.33. The molecule has 20 heavy (non-hydrogen) atoms. The lowest BCUT2D eigenvalue weighted by Gasteiger charge is -2.17. The average molecular weight is 277 g/mol. The molecule has 1 aromatic carbocycles. The van der Waals surface area contributed by atoms with Crippen molar-refractivity contribution in [1.29, 1.82) is 0 Å². The highest BCUT2D eigenvalue weighted by Gasteiger charge is 2.14. The number of benzene rings is 1. The van der Waals surface area contributed by atoms with Crippen LogP contribution >= 0.6 is 0 Å². The van der Waals surface area contributed by atoms with Crippen molar-refractivity contribution in [3.8, 4) is 17.2 Å². The number of rotatable bonds is 5. The van der Waals surface area contributed by atoms with Gasteiger partial charge in [-0.2, -0.15) is 0 Å². The Kier molecular flexibility index (Phi) is 5.27. The van der Waals surface area contributed by atoms with Crippen LogP contribution in [0.4, 0.5) is 5.69 Å². The van der Waals surface area contributed by atoms with E-state index >= 15 is 0 Å². The van der Waals surface area contributed by atoms with Crippen molar-refractivity contribution in [3.63, 3.8) is 0 Å². The predicted molar refractivity (Wildman–Crippen MR) is 80.8 cm³/mol. The number of hydrogen-bond donors (Lipinski definition) is 0. The highest BCUT2D eigenvalue weighted by molar-refractivity contribution is 5.69. The minimum Gasteiger partial charge on any atom is -0.493 e. The fourth-order valence-electron chi connectivity index (χ4n) is 2.62. The van der Waals surface area contributed by atoms with Crippen molar-refractivity contribution in [2.45, 2.75) is 32.1 Å². The van der Waals surface area contributed by atoms with Crippen LogP contribution in [0.2, 0.25) is 0 Å². The van der Waals surface area contributed by atoms with E-state index in [9.17, 15) is 0 Å². The lowest BCUT2D eigenvalue weighted by Crippen LogP contribution is -2.06. The van der Waals surface area contributed by atoms with E-state index < -0.39 is 0 Å². The number of methoxy groups -OCH3 is 3. The molecule has 0 heterocycles. The molecular weight excluding hydrogens is 254 g/mol. The van der Waals surface area contributed by atoms with Crippen LogP contribution in [-0.2, 0) is 0 Å². The molecule has 1 aliphatic rings. The largest absolute Gasteiger partial charge is 0.493 e. The van der Waals surface area contributed by atoms with Crippen LogP contribution in [-0.4, -0.2) is 27.5 Å². The summed E-state index contributed by atoms with van der Waals surface area (Å²) in [6, 6.07) is 3.75. The molecule has 1 fully saturated rings. The minimum atomic E-state index is 0.600. The lowest BCUT2D eigenvalue weighted by molar-refractivity contribution is 0.324. The molecule has 0 atom stereocenters. The summed E-state index contributed by atoms with van der Waals surface area (Å²) in [5, 5.41) is 0. The van der Waals surface area contributed by atoms with E-state index in [1.54, 1.807) is 21.3 Å². The number of ether oxygens (including phenoxy) is 3. The molecule has 2 rings (SSSR count). The monoisotopic (exact) mass is 277 g/mol. The second kappa shape index (κ2) is 7.17. The molecule has 0 radical (unpaired) electrons. The van der Waals surface area contributed by atoms with E-state index in [4.69, 9.17) is 14.2 Å². The van der Waals surface area contributed by atoms with Gasteiger partial charge in [-0.1, -0.05) is 19.3 Å². The Balaban J connectivity index is 2.20. The van der Waals surface area contributed by atoms with E-state index in [1.807, 2.05) is 12.1 Å². The number of hydrogen-bond acceptors (Lipinski definition) is 4. The Bertz CT molecular complexity index is 440. The van der Waals surface area contributed by atoms with Crippen molar-refractivity contribution in [2.75, 3.05) is 21.3 Å². The van der Waals surface area contributed by atoms with Gasteiger partial charge in [0.25, 0.3) is 0 Å². The first-order valence-corrected chi connectivity index (χ1v) is 7.12. The molecule has 1 aromatic rings. The topological polar surface area (TPSA) is 40.0 Å². The molecule has 0 spiro atoms. The summed E-state index contributed by atoms with van der Waals surface area (Å²) in [5.41, 5.74) is 0.838. The maximum atomic E-state index is 5.33. The van der Waals surface area contributed by atoms with Crippen LogP contribution in [0.5, 0.6) is 17.2 Å². The molecule has 0 unspecified atom stereocenters. The van der Waals surface area contributed by atoms with Crippen molar-refractivity contribution < 1.29 is 14.2 Å². The van der Waals surface area contributed by atoms with Gasteiger partial charge in [0, 0.05) is 18.3 Å². The van der Waals surface area contributed by atoms with Gasteiger partial charge in [-0.15, -0.1) is 0 Å². The zero-order valence-corrected chi connectivity index (χ0v) is 12.5. The second-order valence-corrected chi connectivity index (χ2v) is 5.06. The van der Waals surface area contributed by atoms with E-state index in [1.165, 1.54) is 32.1 Å². The highest BCUT2D eigenvalue weighted by atomic mass is 16.5. The molecule has 110 valence electrons. The van der Waals surface area contributed by atoms with Crippen LogP contribution in [0.25, 0.3) is 0 Å². The van der Waals surface area contributed by atoms with Crippen molar-refractivity contribution >= 4 is 11.9 Å². The van der Waals surface area contributed by atoms with Crippen molar-refractivity contribution in [1.82, 2.24) is 0 Å². The van der Waals surface area contributed by atoms with Crippen LogP contribution in [0.3, 0.4) is 0 Å². The minimum absolute atomic E-state index is 0.600. The Hall–Kier alpha value is -1.71. The summed E-state index contributed by atoms with van der Waals surface area (Å²) in [6.45, 7) is 0. The zero-order valence-electron chi connectivity index (χ0n) is 12.5. The maximum Gasteiger partial charge on any atom is 0.203 e. The van der Waals surface area contributed by atoms with Crippen LogP contribution in [0.15, 0.2) is 17.1 Å². The molecular formula is C16H23NO3. The molecule has 0 aliphatic heterocycles. The van der Waals surface area contributed by atoms with Gasteiger partial charge in [0.05, 0.1) is 27.0 Å². The molecule has 0 N–H and O–H groups in total. The third-order valence-corrected chi connectivity index (χ3v) is 3.73. The molecule has 0 saturated heterocycles. The van der Waals surface area contributed by atoms with Crippen LogP contribution in [0.1, 0.15) is 32.1 Å². The van der Waals surface area contributed by atoms with Gasteiger partial charge in [0.2, 0.25) is 5.75 Å². The smallest absolute Gasteiger partial charge is 0.203 e. The summed E-state index contributed by atoms with van der Waals surface area (Å²) in [6.07, 6.45) is 8.54. The van der Waals surface area contributed by atoms with E-state index in [0.717, 1.165) is 5.69 Å². The number of nitrogens with zero attached hydrogens (tertiary/aromatic N) is 1. The first kappa shape index (κ1) is 14.7. The van der Waals surface area contributed by atoms with Gasteiger partial charge in [-0.05, 0) is 18.8 Å². The first-order chi connectivity index (χ1) is 9.78. The molecule has 0 aromatic heterocycles. The summed E-state index contributed by atoms with van der Waals surface area (Å²) < 4.78 is 16.0. The Morgan fingerprint density at radius 3 is 2.05 bits per heavy atom. The predicted octanol–water partition coefficient (Wildman–Crippen LogP) is 4.00. The van der Waals surface area contributed by atoms with Crippen molar-refractivity contribution in [3.05, 3.63) is 12.1 Å². The van der Waals surface area contributed by atoms with Gasteiger partial charge in [0.15, 0.2) is 11.5 Å². The molecule has 4 heteroatoms. The van der Waals surface area contributed by atoms with E-state index in [-0.39, 0.29) is 0 Å². The normalized spacial score (nSPS) is 16.4. The molecule has 1 aliphatic carbocycles. The summed E-state index contributed by atoms with van der Waals surface area (Å²) in [5.74, 6) is 2.49. The summed E-state index contributed by atoms with van der Waals surface area (Å²) in [7, 11) is 4.84. The SMILES string of the molecule is COc1cc(N=CC2CCCCC2)cc(OC)c1OC. The molecule has 0 bridgehead atoms. The first-order valence-electron chi connectivity index (χ1n) is 7.12. The fraction of sp³-hybridized carbons (Fsp3) is 0.562.